The van der Waals surface area contributed by atoms with E-state index in [9.17, 15) is 0 Å². The Morgan fingerprint density at radius 2 is 2.14 bits per heavy atom. The van der Waals surface area contributed by atoms with Crippen LogP contribution in [0.3, 0.4) is 0 Å². The molecule has 0 spiro atoms. The number of fused-ring (bicyclic) bond motifs is 1. The predicted octanol–water partition coefficient (Wildman–Crippen LogP) is 1.59. The molecular weight excluding hydrogens is 198 g/mol. The number of benzene rings is 1. The van der Waals surface area contributed by atoms with Crippen LogP contribution in [0.1, 0.15) is 29.2 Å². The van der Waals surface area contributed by atoms with Gasteiger partial charge in [-0.3, -0.25) is 0 Å². The lowest BCUT2D eigenvalue weighted by Crippen LogP contribution is -2.16. The highest BCUT2D eigenvalue weighted by Crippen LogP contribution is 2.27. The van der Waals surface area contributed by atoms with Crippen molar-refractivity contribution in [3.8, 4) is 0 Å². The Morgan fingerprint density at radius 1 is 1.36 bits per heavy atom. The van der Waals surface area contributed by atoms with Gasteiger partial charge in [0.05, 0.1) is 12.6 Å². The van der Waals surface area contributed by atoms with Crippen molar-refractivity contribution < 1.29 is 5.11 Å². The fourth-order valence-corrected chi connectivity index (χ4v) is 2.09. The van der Waals surface area contributed by atoms with Gasteiger partial charge in [0, 0.05) is 0 Å². The molecule has 14 heavy (non-hydrogen) atoms. The molecule has 0 saturated heterocycles. The molecule has 0 aromatic heterocycles. The van der Waals surface area contributed by atoms with Crippen molar-refractivity contribution in [3.05, 3.63) is 34.9 Å². The van der Waals surface area contributed by atoms with Crippen LogP contribution in [-0.2, 0) is 12.8 Å². The summed E-state index contributed by atoms with van der Waals surface area (Å²) < 4.78 is 0. The van der Waals surface area contributed by atoms with Gasteiger partial charge >= 0.3 is 0 Å². The Bertz CT molecular complexity index is 314. The molecule has 1 aromatic carbocycles. The lowest BCUT2D eigenvalue weighted by atomic mass is 9.98. The Labute approximate surface area is 90.5 Å². The quantitative estimate of drug-likeness (QED) is 0.784. The topological polar surface area (TPSA) is 46.2 Å². The van der Waals surface area contributed by atoms with Crippen LogP contribution in [0.5, 0.6) is 0 Å². The second-order valence-electron chi connectivity index (χ2n) is 3.63. The molecule has 3 heteroatoms. The molecule has 1 atom stereocenters. The molecule has 2 rings (SSSR count). The van der Waals surface area contributed by atoms with Crippen molar-refractivity contribution in [2.75, 3.05) is 6.61 Å². The van der Waals surface area contributed by atoms with Crippen LogP contribution in [-0.4, -0.2) is 11.7 Å². The van der Waals surface area contributed by atoms with E-state index >= 15 is 0 Å². The number of aryl methyl sites for hydroxylation is 1. The zero-order valence-electron chi connectivity index (χ0n) is 8.07. The normalized spacial score (nSPS) is 15.9. The predicted molar refractivity (Wildman–Crippen MR) is 59.7 cm³/mol. The summed E-state index contributed by atoms with van der Waals surface area (Å²) in [6, 6.07) is 6.03. The zero-order chi connectivity index (χ0) is 9.26. The van der Waals surface area contributed by atoms with Gasteiger partial charge in [-0.1, -0.05) is 18.2 Å². The molecule has 3 N–H and O–H groups in total. The van der Waals surface area contributed by atoms with Gasteiger partial charge in [0.2, 0.25) is 0 Å². The molecule has 0 saturated carbocycles. The molecule has 0 amide bonds. The molecule has 0 bridgehead atoms. The van der Waals surface area contributed by atoms with Gasteiger partial charge in [0.15, 0.2) is 0 Å². The average molecular weight is 214 g/mol. The number of rotatable bonds is 2. The minimum atomic E-state index is -0.201. The van der Waals surface area contributed by atoms with Crippen molar-refractivity contribution in [1.82, 2.24) is 0 Å². The number of aliphatic hydroxyl groups excluding tert-OH is 1. The molecule has 0 aliphatic heterocycles. The average Bonchev–Trinajstić information content (AvgIpc) is 2.63. The standard InChI is InChI=1S/C11H15NO.ClH/c12-11(7-13)10-6-2-4-8-3-1-5-9(8)10;/h2,4,6,11,13H,1,3,5,7,12H2;1H. The van der Waals surface area contributed by atoms with Crippen LogP contribution in [0.4, 0.5) is 0 Å². The minimum Gasteiger partial charge on any atom is -0.394 e. The van der Waals surface area contributed by atoms with E-state index in [1.54, 1.807) is 0 Å². The molecule has 1 aliphatic rings. The van der Waals surface area contributed by atoms with Crippen LogP contribution < -0.4 is 5.73 Å². The monoisotopic (exact) mass is 213 g/mol. The second-order valence-corrected chi connectivity index (χ2v) is 3.63. The lowest BCUT2D eigenvalue weighted by Gasteiger charge is -2.13. The van der Waals surface area contributed by atoms with E-state index in [1.807, 2.05) is 12.1 Å². The first-order valence-electron chi connectivity index (χ1n) is 4.80. The summed E-state index contributed by atoms with van der Waals surface area (Å²) in [4.78, 5) is 0. The third-order valence-electron chi connectivity index (χ3n) is 2.78. The Hall–Kier alpha value is -0.570. The highest BCUT2D eigenvalue weighted by atomic mass is 35.5. The maximum atomic E-state index is 8.99. The molecule has 1 aromatic rings. The van der Waals surface area contributed by atoms with Gasteiger partial charge in [0.1, 0.15) is 0 Å². The van der Waals surface area contributed by atoms with Gasteiger partial charge in [-0.2, -0.15) is 0 Å². The molecule has 2 nitrogen and oxygen atoms in total. The van der Waals surface area contributed by atoms with Crippen molar-refractivity contribution in [2.24, 2.45) is 5.73 Å². The smallest absolute Gasteiger partial charge is 0.0624 e. The molecular formula is C11H16ClNO. The van der Waals surface area contributed by atoms with Crippen LogP contribution in [0.2, 0.25) is 0 Å². The van der Waals surface area contributed by atoms with Crippen LogP contribution in [0.25, 0.3) is 0 Å². The molecule has 0 radical (unpaired) electrons. The fraction of sp³-hybridized carbons (Fsp3) is 0.455. The molecule has 78 valence electrons. The number of halogens is 1. The van der Waals surface area contributed by atoms with Gasteiger partial charge in [0.25, 0.3) is 0 Å². The highest BCUT2D eigenvalue weighted by Gasteiger charge is 2.17. The van der Waals surface area contributed by atoms with Crippen LogP contribution in [0, 0.1) is 0 Å². The third-order valence-corrected chi connectivity index (χ3v) is 2.78. The summed E-state index contributed by atoms with van der Waals surface area (Å²) in [5.74, 6) is 0. The van der Waals surface area contributed by atoms with Crippen molar-refractivity contribution in [2.45, 2.75) is 25.3 Å². The summed E-state index contributed by atoms with van der Waals surface area (Å²) in [5, 5.41) is 8.99. The number of nitrogens with two attached hydrogens (primary N) is 1. The molecule has 1 unspecified atom stereocenters. The van der Waals surface area contributed by atoms with Gasteiger partial charge < -0.3 is 10.8 Å². The SMILES string of the molecule is Cl.NC(CO)c1cccc2c1CCC2. The first-order chi connectivity index (χ1) is 6.33. The maximum Gasteiger partial charge on any atom is 0.0624 e. The van der Waals surface area contributed by atoms with Crippen molar-refractivity contribution in [1.29, 1.82) is 0 Å². The summed E-state index contributed by atoms with van der Waals surface area (Å²) in [5.41, 5.74) is 9.75. The summed E-state index contributed by atoms with van der Waals surface area (Å²) in [6.45, 7) is 0.0381. The summed E-state index contributed by atoms with van der Waals surface area (Å²) in [7, 11) is 0. The highest BCUT2D eigenvalue weighted by molar-refractivity contribution is 5.85. The van der Waals surface area contributed by atoms with E-state index in [-0.39, 0.29) is 25.1 Å². The first kappa shape index (κ1) is 11.5. The van der Waals surface area contributed by atoms with E-state index < -0.39 is 0 Å². The maximum absolute atomic E-state index is 8.99. The van der Waals surface area contributed by atoms with E-state index in [0.717, 1.165) is 12.0 Å². The molecule has 0 heterocycles. The summed E-state index contributed by atoms with van der Waals surface area (Å²) >= 11 is 0. The minimum absolute atomic E-state index is 0. The summed E-state index contributed by atoms with van der Waals surface area (Å²) in [6.07, 6.45) is 3.52. The first-order valence-corrected chi connectivity index (χ1v) is 4.80. The van der Waals surface area contributed by atoms with Gasteiger partial charge in [-0.25, -0.2) is 0 Å². The Balaban J connectivity index is 0.000000980. The largest absolute Gasteiger partial charge is 0.394 e. The number of hydrogen-bond acceptors (Lipinski definition) is 2. The second kappa shape index (κ2) is 4.78. The molecule has 0 fully saturated rings. The fourth-order valence-electron chi connectivity index (χ4n) is 2.09. The molecule has 1 aliphatic carbocycles. The van der Waals surface area contributed by atoms with Gasteiger partial charge in [-0.05, 0) is 36.0 Å². The van der Waals surface area contributed by atoms with Crippen molar-refractivity contribution >= 4 is 12.4 Å². The van der Waals surface area contributed by atoms with E-state index in [0.29, 0.717) is 0 Å². The van der Waals surface area contributed by atoms with Crippen LogP contribution in [0.15, 0.2) is 18.2 Å². The number of aliphatic hydroxyl groups is 1. The van der Waals surface area contributed by atoms with E-state index in [2.05, 4.69) is 6.07 Å². The Morgan fingerprint density at radius 3 is 2.86 bits per heavy atom. The zero-order valence-corrected chi connectivity index (χ0v) is 8.89. The number of hydrogen-bond donors (Lipinski definition) is 2. The van der Waals surface area contributed by atoms with Crippen LogP contribution >= 0.6 is 12.4 Å². The van der Waals surface area contributed by atoms with E-state index in [4.69, 9.17) is 10.8 Å². The van der Waals surface area contributed by atoms with Gasteiger partial charge in [-0.15, -0.1) is 12.4 Å². The third kappa shape index (κ3) is 1.92. The van der Waals surface area contributed by atoms with Crippen molar-refractivity contribution in [3.63, 3.8) is 0 Å². The Kier molecular flexibility index (Phi) is 3.93. The van der Waals surface area contributed by atoms with E-state index in [1.165, 1.54) is 24.0 Å². The lowest BCUT2D eigenvalue weighted by molar-refractivity contribution is 0.267.